The Balaban J connectivity index is 1.59. The molecule has 0 saturated carbocycles. The molecule has 1 saturated heterocycles. The third kappa shape index (κ3) is 5.07. The lowest BCUT2D eigenvalue weighted by Crippen LogP contribution is -2.47. The van der Waals surface area contributed by atoms with E-state index < -0.39 is 0 Å². The van der Waals surface area contributed by atoms with Gasteiger partial charge in [-0.25, -0.2) is 9.48 Å². The number of amides is 3. The third-order valence-electron chi connectivity index (χ3n) is 5.34. The van der Waals surface area contributed by atoms with Crippen LogP contribution in [0.15, 0.2) is 36.5 Å². The van der Waals surface area contributed by atoms with E-state index in [1.807, 2.05) is 16.5 Å². The van der Waals surface area contributed by atoms with Crippen LogP contribution in [0.1, 0.15) is 49.5 Å². The molecule has 8 nitrogen and oxygen atoms in total. The molecule has 1 atom stereocenters. The average Bonchev–Trinajstić information content (AvgIpc) is 3.21. The Bertz CT molecular complexity index is 825. The molecule has 3 amide bonds. The number of carbonyl (C=O) groups is 2. The molecule has 1 aromatic carbocycles. The molecule has 1 fully saturated rings. The van der Waals surface area contributed by atoms with Crippen LogP contribution in [0.4, 0.5) is 10.6 Å². The number of anilines is 1. The minimum Gasteiger partial charge on any atom is -0.497 e. The summed E-state index contributed by atoms with van der Waals surface area (Å²) < 4.78 is 6.98. The minimum absolute atomic E-state index is 0.00806. The van der Waals surface area contributed by atoms with Crippen molar-refractivity contribution in [2.45, 2.75) is 45.2 Å². The first kappa shape index (κ1) is 20.7. The number of nitrogens with one attached hydrogen (secondary N) is 2. The number of rotatable bonds is 6. The van der Waals surface area contributed by atoms with Gasteiger partial charge in [-0.1, -0.05) is 6.92 Å². The molecule has 2 heterocycles. The van der Waals surface area contributed by atoms with Crippen molar-refractivity contribution < 1.29 is 14.3 Å². The van der Waals surface area contributed by atoms with Gasteiger partial charge in [0.05, 0.1) is 19.3 Å². The number of likely N-dealkylation sites (tertiary alicyclic amines) is 1. The average molecular weight is 399 g/mol. The molecule has 0 radical (unpaired) electrons. The van der Waals surface area contributed by atoms with Crippen molar-refractivity contribution in [3.05, 3.63) is 42.1 Å². The Kier molecular flexibility index (Phi) is 6.74. The molecule has 8 heteroatoms. The second kappa shape index (κ2) is 9.45. The van der Waals surface area contributed by atoms with E-state index in [0.717, 1.165) is 19.3 Å². The predicted octanol–water partition coefficient (Wildman–Crippen LogP) is 3.29. The van der Waals surface area contributed by atoms with Gasteiger partial charge in [0.25, 0.3) is 5.91 Å². The maximum atomic E-state index is 12.6. The number of aromatic nitrogens is 2. The van der Waals surface area contributed by atoms with Crippen LogP contribution in [0.25, 0.3) is 0 Å². The fraction of sp³-hybridized carbons (Fsp3) is 0.476. The van der Waals surface area contributed by atoms with E-state index in [-0.39, 0.29) is 24.0 Å². The van der Waals surface area contributed by atoms with Crippen molar-refractivity contribution in [3.63, 3.8) is 0 Å². The lowest BCUT2D eigenvalue weighted by molar-refractivity contribution is 0.102. The number of hydrogen-bond acceptors (Lipinski definition) is 4. The lowest BCUT2D eigenvalue weighted by atomic mass is 10.1. The van der Waals surface area contributed by atoms with Crippen LogP contribution < -0.4 is 15.4 Å². The highest BCUT2D eigenvalue weighted by atomic mass is 16.5. The third-order valence-corrected chi connectivity index (χ3v) is 5.34. The first-order valence-electron chi connectivity index (χ1n) is 10.1. The van der Waals surface area contributed by atoms with E-state index >= 15 is 0 Å². The molecule has 3 rings (SSSR count). The molecular formula is C21H29N5O3. The molecule has 1 aliphatic heterocycles. The standard InChI is InChI=1S/C21H29N5O3/c1-4-15(2)23-21(28)25-13-10-17(11-14-25)26-19(9-12-22-26)24-20(27)16-5-7-18(29-3)8-6-16/h5-9,12,15,17H,4,10-11,13-14H2,1-3H3,(H,23,28)(H,24,27)/t15-/m0/s1. The Labute approximate surface area is 171 Å². The quantitative estimate of drug-likeness (QED) is 0.780. The first-order chi connectivity index (χ1) is 14.0. The number of ether oxygens (including phenoxy) is 1. The summed E-state index contributed by atoms with van der Waals surface area (Å²) in [7, 11) is 1.59. The number of carbonyl (C=O) groups excluding carboxylic acids is 2. The SMILES string of the molecule is CC[C@H](C)NC(=O)N1CCC(n2nccc2NC(=O)c2ccc(OC)cc2)CC1. The fourth-order valence-corrected chi connectivity index (χ4v) is 3.35. The van der Waals surface area contributed by atoms with Crippen molar-refractivity contribution >= 4 is 17.8 Å². The molecule has 1 aromatic heterocycles. The zero-order chi connectivity index (χ0) is 20.8. The van der Waals surface area contributed by atoms with Crippen molar-refractivity contribution in [2.75, 3.05) is 25.5 Å². The van der Waals surface area contributed by atoms with Gasteiger partial charge in [-0.2, -0.15) is 5.10 Å². The highest BCUT2D eigenvalue weighted by molar-refractivity contribution is 6.03. The van der Waals surface area contributed by atoms with Crippen molar-refractivity contribution in [1.29, 1.82) is 0 Å². The van der Waals surface area contributed by atoms with Crippen LogP contribution in [-0.2, 0) is 0 Å². The molecule has 2 aromatic rings. The second-order valence-electron chi connectivity index (χ2n) is 7.32. The second-order valence-corrected chi connectivity index (χ2v) is 7.32. The molecule has 0 unspecified atom stereocenters. The van der Waals surface area contributed by atoms with E-state index in [9.17, 15) is 9.59 Å². The fourth-order valence-electron chi connectivity index (χ4n) is 3.35. The van der Waals surface area contributed by atoms with Crippen LogP contribution >= 0.6 is 0 Å². The molecule has 0 spiro atoms. The highest BCUT2D eigenvalue weighted by Gasteiger charge is 2.26. The highest BCUT2D eigenvalue weighted by Crippen LogP contribution is 2.26. The van der Waals surface area contributed by atoms with Gasteiger partial charge in [-0.15, -0.1) is 0 Å². The van der Waals surface area contributed by atoms with Crippen molar-refractivity contribution in [2.24, 2.45) is 0 Å². The normalized spacial score (nSPS) is 15.6. The monoisotopic (exact) mass is 399 g/mol. The molecule has 2 N–H and O–H groups in total. The number of nitrogens with zero attached hydrogens (tertiary/aromatic N) is 3. The maximum Gasteiger partial charge on any atom is 0.317 e. The summed E-state index contributed by atoms with van der Waals surface area (Å²) in [5, 5.41) is 10.4. The summed E-state index contributed by atoms with van der Waals surface area (Å²) in [6, 6.07) is 9.07. The smallest absolute Gasteiger partial charge is 0.317 e. The maximum absolute atomic E-state index is 12.6. The van der Waals surface area contributed by atoms with Gasteiger partial charge in [-0.3, -0.25) is 4.79 Å². The molecule has 29 heavy (non-hydrogen) atoms. The largest absolute Gasteiger partial charge is 0.497 e. The zero-order valence-electron chi connectivity index (χ0n) is 17.2. The number of piperidine rings is 1. The predicted molar refractivity (Wildman–Crippen MR) is 111 cm³/mol. The minimum atomic E-state index is -0.195. The van der Waals surface area contributed by atoms with Crippen molar-refractivity contribution in [3.8, 4) is 5.75 Å². The first-order valence-corrected chi connectivity index (χ1v) is 10.1. The van der Waals surface area contributed by atoms with Gasteiger partial charge in [0, 0.05) is 30.8 Å². The van der Waals surface area contributed by atoms with Crippen LogP contribution in [0.3, 0.4) is 0 Å². The van der Waals surface area contributed by atoms with E-state index in [1.54, 1.807) is 43.6 Å². The Morgan fingerprint density at radius 3 is 2.52 bits per heavy atom. The van der Waals surface area contributed by atoms with E-state index in [1.165, 1.54) is 0 Å². The van der Waals surface area contributed by atoms with Crippen LogP contribution in [-0.4, -0.2) is 52.9 Å². The van der Waals surface area contributed by atoms with E-state index in [2.05, 4.69) is 22.7 Å². The van der Waals surface area contributed by atoms with Gasteiger partial charge < -0.3 is 20.3 Å². The van der Waals surface area contributed by atoms with Crippen LogP contribution in [0, 0.1) is 0 Å². The summed E-state index contributed by atoms with van der Waals surface area (Å²) in [5.41, 5.74) is 0.551. The summed E-state index contributed by atoms with van der Waals surface area (Å²) >= 11 is 0. The number of hydrogen-bond donors (Lipinski definition) is 2. The molecular weight excluding hydrogens is 370 g/mol. The van der Waals surface area contributed by atoms with Gasteiger partial charge >= 0.3 is 6.03 Å². The Morgan fingerprint density at radius 2 is 1.90 bits per heavy atom. The molecule has 0 aliphatic carbocycles. The van der Waals surface area contributed by atoms with Crippen LogP contribution in [0.2, 0.25) is 0 Å². The topological polar surface area (TPSA) is 88.5 Å². The Morgan fingerprint density at radius 1 is 1.21 bits per heavy atom. The zero-order valence-corrected chi connectivity index (χ0v) is 17.2. The summed E-state index contributed by atoms with van der Waals surface area (Å²) in [5.74, 6) is 1.17. The number of benzene rings is 1. The lowest BCUT2D eigenvalue weighted by Gasteiger charge is -2.33. The van der Waals surface area contributed by atoms with E-state index in [0.29, 0.717) is 30.2 Å². The molecule has 156 valence electrons. The summed E-state index contributed by atoms with van der Waals surface area (Å²) in [4.78, 5) is 26.7. The Hall–Kier alpha value is -3.03. The van der Waals surface area contributed by atoms with Gasteiger partial charge in [-0.05, 0) is 50.5 Å². The number of methoxy groups -OCH3 is 1. The van der Waals surface area contributed by atoms with E-state index in [4.69, 9.17) is 4.74 Å². The van der Waals surface area contributed by atoms with Gasteiger partial charge in [0.1, 0.15) is 11.6 Å². The van der Waals surface area contributed by atoms with Crippen molar-refractivity contribution in [1.82, 2.24) is 20.0 Å². The summed E-state index contributed by atoms with van der Waals surface area (Å²) in [6.07, 6.45) is 4.18. The molecule has 1 aliphatic rings. The van der Waals surface area contributed by atoms with Crippen LogP contribution in [0.5, 0.6) is 5.75 Å². The van der Waals surface area contributed by atoms with Gasteiger partial charge in [0.15, 0.2) is 0 Å². The summed E-state index contributed by atoms with van der Waals surface area (Å²) in [6.45, 7) is 5.39. The number of urea groups is 1. The molecule has 0 bridgehead atoms. The van der Waals surface area contributed by atoms with Gasteiger partial charge in [0.2, 0.25) is 0 Å².